The van der Waals surface area contributed by atoms with E-state index in [9.17, 15) is 9.59 Å². The van der Waals surface area contributed by atoms with E-state index < -0.39 is 11.5 Å². The number of para-hydroxylation sites is 1. The molecule has 2 unspecified atom stereocenters. The highest BCUT2D eigenvalue weighted by Gasteiger charge is 2.59. The van der Waals surface area contributed by atoms with Gasteiger partial charge in [-0.2, -0.15) is 5.10 Å². The molecule has 1 saturated heterocycles. The van der Waals surface area contributed by atoms with Crippen LogP contribution < -0.4 is 5.32 Å². The summed E-state index contributed by atoms with van der Waals surface area (Å²) in [4.78, 5) is 32.9. The SMILES string of the molecule is Cc1cc(C(=O)N2CCC3(C(=O)Nc4ccccc43)C2c2cccnc2)n(C)n1. The van der Waals surface area contributed by atoms with Gasteiger partial charge in [-0.15, -0.1) is 0 Å². The number of pyridine rings is 1. The quantitative estimate of drug-likeness (QED) is 0.733. The minimum absolute atomic E-state index is 0.0657. The van der Waals surface area contributed by atoms with Crippen molar-refractivity contribution in [3.05, 3.63) is 77.4 Å². The van der Waals surface area contributed by atoms with E-state index in [1.165, 1.54) is 0 Å². The normalized spacial score (nSPS) is 22.8. The third-order valence-electron chi connectivity index (χ3n) is 6.07. The molecule has 5 rings (SSSR count). The zero-order valence-corrected chi connectivity index (χ0v) is 16.3. The van der Waals surface area contributed by atoms with Crippen molar-refractivity contribution < 1.29 is 9.59 Å². The molecule has 2 aromatic heterocycles. The van der Waals surface area contributed by atoms with Crippen LogP contribution in [-0.4, -0.2) is 38.0 Å². The molecule has 4 heterocycles. The van der Waals surface area contributed by atoms with Crippen LogP contribution in [0.3, 0.4) is 0 Å². The maximum absolute atomic E-state index is 13.5. The second-order valence-corrected chi connectivity index (χ2v) is 7.70. The van der Waals surface area contributed by atoms with Crippen LogP contribution in [0.1, 0.15) is 39.8 Å². The van der Waals surface area contributed by atoms with E-state index in [4.69, 9.17) is 0 Å². The Balaban J connectivity index is 1.68. The maximum atomic E-state index is 13.5. The van der Waals surface area contributed by atoms with Gasteiger partial charge in [0, 0.05) is 31.7 Å². The molecule has 2 aliphatic rings. The molecule has 0 aliphatic carbocycles. The Hall–Kier alpha value is -3.48. The van der Waals surface area contributed by atoms with Gasteiger partial charge >= 0.3 is 0 Å². The summed E-state index contributed by atoms with van der Waals surface area (Å²) >= 11 is 0. The van der Waals surface area contributed by atoms with Crippen LogP contribution in [0.15, 0.2) is 54.9 Å². The lowest BCUT2D eigenvalue weighted by Crippen LogP contribution is -2.43. The van der Waals surface area contributed by atoms with Crippen molar-refractivity contribution in [2.24, 2.45) is 7.05 Å². The summed E-state index contributed by atoms with van der Waals surface area (Å²) in [6.07, 6.45) is 4.00. The predicted molar refractivity (Wildman–Crippen MR) is 107 cm³/mol. The number of amides is 2. The lowest BCUT2D eigenvalue weighted by Gasteiger charge is -2.34. The molecule has 146 valence electrons. The average Bonchev–Trinajstić information content (AvgIpc) is 3.37. The van der Waals surface area contributed by atoms with Crippen LogP contribution in [0.5, 0.6) is 0 Å². The molecular formula is C22H21N5O2. The summed E-state index contributed by atoms with van der Waals surface area (Å²) in [6, 6.07) is 12.9. The second kappa shape index (κ2) is 6.27. The van der Waals surface area contributed by atoms with Gasteiger partial charge in [0.05, 0.1) is 11.7 Å². The molecule has 0 bridgehead atoms. The molecular weight excluding hydrogens is 366 g/mol. The zero-order chi connectivity index (χ0) is 20.2. The Labute approximate surface area is 168 Å². The highest BCUT2D eigenvalue weighted by Crippen LogP contribution is 2.54. The monoisotopic (exact) mass is 387 g/mol. The highest BCUT2D eigenvalue weighted by molar-refractivity contribution is 6.08. The molecule has 1 fully saturated rings. The molecule has 7 heteroatoms. The number of hydrogen-bond donors (Lipinski definition) is 1. The first kappa shape index (κ1) is 17.6. The molecule has 2 aliphatic heterocycles. The number of carbonyl (C=O) groups is 2. The van der Waals surface area contributed by atoms with Crippen LogP contribution in [-0.2, 0) is 17.3 Å². The summed E-state index contributed by atoms with van der Waals surface area (Å²) in [6.45, 7) is 2.34. The fourth-order valence-electron chi connectivity index (χ4n) is 4.86. The van der Waals surface area contributed by atoms with Crippen molar-refractivity contribution in [2.75, 3.05) is 11.9 Å². The number of aryl methyl sites for hydroxylation is 2. The number of benzene rings is 1. The molecule has 2 amide bonds. The van der Waals surface area contributed by atoms with Gasteiger partial charge in [-0.25, -0.2) is 0 Å². The summed E-state index contributed by atoms with van der Waals surface area (Å²) in [5, 5.41) is 7.35. The van der Waals surface area contributed by atoms with Crippen LogP contribution >= 0.6 is 0 Å². The molecule has 3 aromatic rings. The first-order valence-electron chi connectivity index (χ1n) is 9.65. The lowest BCUT2D eigenvalue weighted by atomic mass is 9.73. The fourth-order valence-corrected chi connectivity index (χ4v) is 4.86. The third kappa shape index (κ3) is 2.43. The van der Waals surface area contributed by atoms with Crippen molar-refractivity contribution in [3.8, 4) is 0 Å². The first-order valence-corrected chi connectivity index (χ1v) is 9.65. The minimum atomic E-state index is -0.830. The van der Waals surface area contributed by atoms with Crippen LogP contribution in [0.4, 0.5) is 5.69 Å². The molecule has 7 nitrogen and oxygen atoms in total. The molecule has 1 spiro atoms. The topological polar surface area (TPSA) is 80.1 Å². The summed E-state index contributed by atoms with van der Waals surface area (Å²) < 4.78 is 1.60. The van der Waals surface area contributed by atoms with E-state index in [1.54, 1.807) is 35.1 Å². The summed E-state index contributed by atoms with van der Waals surface area (Å²) in [5.74, 6) is -0.194. The van der Waals surface area contributed by atoms with E-state index in [2.05, 4.69) is 15.4 Å². The van der Waals surface area contributed by atoms with Crippen molar-refractivity contribution in [3.63, 3.8) is 0 Å². The van der Waals surface area contributed by atoms with E-state index in [0.29, 0.717) is 18.7 Å². The first-order chi connectivity index (χ1) is 14.0. The minimum Gasteiger partial charge on any atom is -0.329 e. The van der Waals surface area contributed by atoms with Gasteiger partial charge in [0.15, 0.2) is 0 Å². The van der Waals surface area contributed by atoms with Crippen molar-refractivity contribution in [1.29, 1.82) is 0 Å². The van der Waals surface area contributed by atoms with Crippen molar-refractivity contribution >= 4 is 17.5 Å². The maximum Gasteiger partial charge on any atom is 0.272 e. The van der Waals surface area contributed by atoms with Gasteiger partial charge in [0.25, 0.3) is 5.91 Å². The summed E-state index contributed by atoms with van der Waals surface area (Å²) in [5.41, 5.74) is 3.08. The average molecular weight is 387 g/mol. The molecule has 0 radical (unpaired) electrons. The standard InChI is InChI=1S/C22H21N5O2/c1-14-12-18(26(2)25-14)20(28)27-11-9-22(19(27)15-6-5-10-23-13-15)16-7-3-4-8-17(16)24-21(22)29/h3-8,10,12-13,19H,9,11H2,1-2H3,(H,24,29). The lowest BCUT2D eigenvalue weighted by molar-refractivity contribution is -0.121. The largest absolute Gasteiger partial charge is 0.329 e. The van der Waals surface area contributed by atoms with Crippen molar-refractivity contribution in [1.82, 2.24) is 19.7 Å². The predicted octanol–water partition coefficient (Wildman–Crippen LogP) is 2.60. The summed E-state index contributed by atoms with van der Waals surface area (Å²) in [7, 11) is 1.77. The Morgan fingerprint density at radius 3 is 2.79 bits per heavy atom. The van der Waals surface area contributed by atoms with E-state index in [0.717, 1.165) is 22.5 Å². The van der Waals surface area contributed by atoms with E-state index in [1.807, 2.05) is 43.3 Å². The molecule has 1 N–H and O–H groups in total. The number of nitrogens with zero attached hydrogens (tertiary/aromatic N) is 4. The fraction of sp³-hybridized carbons (Fsp3) is 0.273. The number of likely N-dealkylation sites (tertiary alicyclic amines) is 1. The van der Waals surface area contributed by atoms with Gasteiger partial charge in [-0.3, -0.25) is 19.3 Å². The van der Waals surface area contributed by atoms with Crippen LogP contribution in [0, 0.1) is 6.92 Å². The third-order valence-corrected chi connectivity index (χ3v) is 6.07. The Bertz CT molecular complexity index is 1120. The van der Waals surface area contributed by atoms with E-state index >= 15 is 0 Å². The number of nitrogens with one attached hydrogen (secondary N) is 1. The Morgan fingerprint density at radius 1 is 1.24 bits per heavy atom. The second-order valence-electron chi connectivity index (χ2n) is 7.70. The highest BCUT2D eigenvalue weighted by atomic mass is 16.2. The number of fused-ring (bicyclic) bond motifs is 2. The van der Waals surface area contributed by atoms with Gasteiger partial charge in [0.2, 0.25) is 5.91 Å². The van der Waals surface area contributed by atoms with Gasteiger partial charge in [-0.1, -0.05) is 24.3 Å². The number of anilines is 1. The molecule has 0 saturated carbocycles. The number of carbonyl (C=O) groups excluding carboxylic acids is 2. The van der Waals surface area contributed by atoms with Crippen LogP contribution in [0.2, 0.25) is 0 Å². The van der Waals surface area contributed by atoms with Gasteiger partial charge in [0.1, 0.15) is 11.1 Å². The number of rotatable bonds is 2. The molecule has 29 heavy (non-hydrogen) atoms. The Morgan fingerprint density at radius 2 is 2.07 bits per heavy atom. The number of hydrogen-bond acceptors (Lipinski definition) is 4. The zero-order valence-electron chi connectivity index (χ0n) is 16.3. The number of aromatic nitrogens is 3. The van der Waals surface area contributed by atoms with Gasteiger partial charge < -0.3 is 10.2 Å². The smallest absolute Gasteiger partial charge is 0.272 e. The van der Waals surface area contributed by atoms with Crippen molar-refractivity contribution in [2.45, 2.75) is 24.8 Å². The molecule has 1 aromatic carbocycles. The van der Waals surface area contributed by atoms with E-state index in [-0.39, 0.29) is 11.8 Å². The molecule has 2 atom stereocenters. The Kier molecular flexibility index (Phi) is 3.81. The van der Waals surface area contributed by atoms with Gasteiger partial charge in [-0.05, 0) is 42.7 Å². The van der Waals surface area contributed by atoms with Crippen LogP contribution in [0.25, 0.3) is 0 Å².